The van der Waals surface area contributed by atoms with Crippen LogP contribution in [0.4, 0.5) is 0 Å². The maximum atomic E-state index is 3.42. The molecule has 2 atom stereocenters. The summed E-state index contributed by atoms with van der Waals surface area (Å²) in [6, 6.07) is 16.9. The van der Waals surface area contributed by atoms with Crippen LogP contribution in [0, 0.1) is 12.2 Å². The summed E-state index contributed by atoms with van der Waals surface area (Å²) in [5.74, 6) is 0.919. The molecule has 6 rings (SSSR count). The number of hydrogen-bond donors (Lipinski definition) is 0. The van der Waals surface area contributed by atoms with E-state index in [0.717, 1.165) is 9.52 Å². The van der Waals surface area contributed by atoms with Crippen LogP contribution >= 0.6 is 0 Å². The monoisotopic (exact) mass is 548 g/mol. The Labute approximate surface area is 226 Å². The van der Waals surface area contributed by atoms with Gasteiger partial charge in [0, 0.05) is 9.52 Å². The molecular formula is C28H24Cl2SiZr. The van der Waals surface area contributed by atoms with Crippen LogP contribution in [0.1, 0.15) is 34.1 Å². The molecule has 2 unspecified atom stereocenters. The Morgan fingerprint density at radius 3 is 1.41 bits per heavy atom. The minimum atomic E-state index is 0. The number of halogens is 2. The van der Waals surface area contributed by atoms with Gasteiger partial charge >= 0.3 is 26.2 Å². The summed E-state index contributed by atoms with van der Waals surface area (Å²) >= 11 is 0. The van der Waals surface area contributed by atoms with E-state index in [0.29, 0.717) is 11.8 Å². The molecule has 0 saturated carbocycles. The van der Waals surface area contributed by atoms with E-state index < -0.39 is 0 Å². The summed E-state index contributed by atoms with van der Waals surface area (Å²) in [4.78, 5) is 0. The average Bonchev–Trinajstić information content (AvgIpc) is 3.33. The van der Waals surface area contributed by atoms with Gasteiger partial charge in [-0.3, -0.25) is 0 Å². The molecule has 2 aromatic rings. The molecule has 0 aromatic heterocycles. The molecule has 0 N–H and O–H groups in total. The summed E-state index contributed by atoms with van der Waals surface area (Å²) in [6.07, 6.45) is 23.9. The number of hydrogen-bond acceptors (Lipinski definition) is 0. The first-order valence-electron chi connectivity index (χ1n) is 10.1. The van der Waals surface area contributed by atoms with Crippen molar-refractivity contribution in [2.45, 2.75) is 24.9 Å². The van der Waals surface area contributed by atoms with Crippen molar-refractivity contribution in [3.8, 4) is 0 Å². The molecule has 0 saturated heterocycles. The fraction of sp³-hybridized carbons (Fsp3) is 0.143. The molecule has 0 amide bonds. The largest absolute Gasteiger partial charge is 4.00 e. The third-order valence-corrected chi connectivity index (χ3v) is 5.20. The first-order chi connectivity index (χ1) is 14.3. The molecule has 2 radical (unpaired) electrons. The van der Waals surface area contributed by atoms with Gasteiger partial charge in [0.15, 0.2) is 0 Å². The Hall–Kier alpha value is -1.44. The topological polar surface area (TPSA) is 0 Å². The van der Waals surface area contributed by atoms with Crippen LogP contribution in [-0.4, -0.2) is 9.52 Å². The van der Waals surface area contributed by atoms with Gasteiger partial charge in [0.25, 0.3) is 0 Å². The number of rotatable bonds is 0. The van der Waals surface area contributed by atoms with Gasteiger partial charge in [-0.15, -0.1) is 106 Å². The van der Waals surface area contributed by atoms with Crippen LogP contribution in [0.3, 0.4) is 0 Å². The van der Waals surface area contributed by atoms with Gasteiger partial charge < -0.3 is 24.8 Å². The number of allylic oxidation sites excluding steroid dienone is 10. The van der Waals surface area contributed by atoms with E-state index in [1.54, 1.807) is 0 Å². The van der Waals surface area contributed by atoms with Gasteiger partial charge in [-0.2, -0.15) is 0 Å². The molecule has 4 aliphatic carbocycles. The van der Waals surface area contributed by atoms with Crippen LogP contribution in [0.25, 0.3) is 0 Å². The summed E-state index contributed by atoms with van der Waals surface area (Å²) in [5.41, 5.74) is 7.86. The summed E-state index contributed by atoms with van der Waals surface area (Å²) in [5, 5.41) is 0. The number of fused-ring (bicyclic) bond motifs is 6. The van der Waals surface area contributed by atoms with Gasteiger partial charge in [0.1, 0.15) is 0 Å². The normalized spacial score (nSPS) is 18.8. The van der Waals surface area contributed by atoms with Crippen molar-refractivity contribution >= 4 is 9.52 Å². The molecule has 32 heavy (non-hydrogen) atoms. The second-order valence-corrected chi connectivity index (χ2v) is 8.28. The summed E-state index contributed by atoms with van der Waals surface area (Å²) in [6.45, 7) is 4.31. The predicted octanol–water partition coefficient (Wildman–Crippen LogP) is 0.767. The van der Waals surface area contributed by atoms with Crippen LogP contribution in [0.15, 0.2) is 108 Å². The third kappa shape index (κ3) is 6.33. The van der Waals surface area contributed by atoms with Crippen molar-refractivity contribution < 1.29 is 51.0 Å². The molecular weight excluding hydrogens is 527 g/mol. The average molecular weight is 551 g/mol. The Kier molecular flexibility index (Phi) is 12.5. The Morgan fingerprint density at radius 1 is 0.625 bits per heavy atom. The third-order valence-electron chi connectivity index (χ3n) is 5.20. The zero-order valence-corrected chi connectivity index (χ0v) is 23.1. The standard InChI is InChI=1S/2C13H9.C2H6Si.2ClH.Zr/c2*1-3-7-12-10(5-1)9-11-6-2-4-8-13(11)12;1-3-2;;;/h2*1-8,12H;1-2H3;2*1H;/q2*-1;;;;+4/p-2. The maximum Gasteiger partial charge on any atom is 4.00 e. The van der Waals surface area contributed by atoms with E-state index in [4.69, 9.17) is 0 Å². The van der Waals surface area contributed by atoms with Gasteiger partial charge in [-0.25, -0.2) is 0 Å². The minimum absolute atomic E-state index is 0. The molecule has 0 fully saturated rings. The van der Waals surface area contributed by atoms with Crippen LogP contribution in [0.5, 0.6) is 0 Å². The molecule has 0 heterocycles. The Bertz CT molecular complexity index is 991. The SMILES string of the molecule is C[Si]C.[C-]1=C2C=CC=CC2c2ccccc21.[C-]1=C2C=CC=CC2c2ccccc21.[Cl-].[Cl-].[Zr+4]. The van der Waals surface area contributed by atoms with Gasteiger partial charge in [-0.1, -0.05) is 49.5 Å². The summed E-state index contributed by atoms with van der Waals surface area (Å²) in [7, 11) is 1.08. The first-order valence-corrected chi connectivity index (χ1v) is 12.1. The van der Waals surface area contributed by atoms with E-state index in [1.807, 2.05) is 0 Å². The molecule has 158 valence electrons. The van der Waals surface area contributed by atoms with Crippen molar-refractivity contribution in [3.63, 3.8) is 0 Å². The molecule has 4 heteroatoms. The quantitative estimate of drug-likeness (QED) is 0.336. The van der Waals surface area contributed by atoms with Gasteiger partial charge in [0.05, 0.1) is 0 Å². The van der Waals surface area contributed by atoms with Gasteiger partial charge in [-0.05, 0) is 11.8 Å². The van der Waals surface area contributed by atoms with Crippen molar-refractivity contribution in [3.05, 3.63) is 143 Å². The minimum Gasteiger partial charge on any atom is -1.00 e. The van der Waals surface area contributed by atoms with Gasteiger partial charge in [0.2, 0.25) is 0 Å². The van der Waals surface area contributed by atoms with E-state index in [9.17, 15) is 0 Å². The fourth-order valence-corrected chi connectivity index (χ4v) is 3.94. The molecule has 0 bridgehead atoms. The van der Waals surface area contributed by atoms with E-state index in [1.165, 1.54) is 33.4 Å². The van der Waals surface area contributed by atoms with Crippen molar-refractivity contribution in [2.75, 3.05) is 0 Å². The van der Waals surface area contributed by atoms with Crippen molar-refractivity contribution in [1.29, 1.82) is 0 Å². The zero-order valence-electron chi connectivity index (χ0n) is 18.1. The summed E-state index contributed by atoms with van der Waals surface area (Å²) < 4.78 is 0. The Balaban J connectivity index is 0.000000264. The maximum absolute atomic E-state index is 3.42. The van der Waals surface area contributed by atoms with E-state index in [-0.39, 0.29) is 51.0 Å². The molecule has 0 nitrogen and oxygen atoms in total. The van der Waals surface area contributed by atoms with Crippen molar-refractivity contribution in [1.82, 2.24) is 0 Å². The van der Waals surface area contributed by atoms with Crippen LogP contribution in [0.2, 0.25) is 13.1 Å². The molecule has 4 aliphatic rings. The van der Waals surface area contributed by atoms with E-state index in [2.05, 4.69) is 122 Å². The second-order valence-electron chi connectivity index (χ2n) is 7.28. The molecule has 0 spiro atoms. The van der Waals surface area contributed by atoms with Crippen molar-refractivity contribution in [2.24, 2.45) is 0 Å². The predicted molar refractivity (Wildman–Crippen MR) is 124 cm³/mol. The smallest absolute Gasteiger partial charge is 1.00 e. The zero-order chi connectivity index (χ0) is 20.1. The fourth-order valence-electron chi connectivity index (χ4n) is 3.94. The van der Waals surface area contributed by atoms with Crippen LogP contribution < -0.4 is 24.8 Å². The first kappa shape index (κ1) is 28.6. The molecule has 2 aromatic carbocycles. The Morgan fingerprint density at radius 2 is 1.00 bits per heavy atom. The number of benzene rings is 2. The second kappa shape index (κ2) is 14.0. The van der Waals surface area contributed by atoms with Crippen LogP contribution in [-0.2, 0) is 26.2 Å². The van der Waals surface area contributed by atoms with E-state index >= 15 is 0 Å². The molecule has 0 aliphatic heterocycles.